The third-order valence-electron chi connectivity index (χ3n) is 2.58. The molecule has 0 amide bonds. The van der Waals surface area contributed by atoms with Gasteiger partial charge in [0.25, 0.3) is 0 Å². The second-order valence-corrected chi connectivity index (χ2v) is 5.17. The highest BCUT2D eigenvalue weighted by Gasteiger charge is 2.28. The van der Waals surface area contributed by atoms with Gasteiger partial charge >= 0.3 is 5.97 Å². The molecule has 0 radical (unpaired) electrons. The number of hydrogen-bond donors (Lipinski definition) is 2. The second kappa shape index (κ2) is 6.38. The van der Waals surface area contributed by atoms with Gasteiger partial charge in [-0.15, -0.1) is 0 Å². The molecular formula is C12H14BrClO3. The first-order valence-corrected chi connectivity index (χ1v) is 6.50. The highest BCUT2D eigenvalue weighted by Crippen LogP contribution is 2.32. The third-order valence-corrected chi connectivity index (χ3v) is 3.40. The van der Waals surface area contributed by atoms with E-state index in [9.17, 15) is 9.90 Å². The summed E-state index contributed by atoms with van der Waals surface area (Å²) >= 11 is 9.25. The van der Waals surface area contributed by atoms with Gasteiger partial charge in [-0.25, -0.2) is 0 Å². The van der Waals surface area contributed by atoms with Crippen molar-refractivity contribution in [1.82, 2.24) is 0 Å². The number of hydrogen-bond acceptors (Lipinski definition) is 2. The van der Waals surface area contributed by atoms with E-state index in [0.717, 1.165) is 4.47 Å². The predicted octanol–water partition coefficient (Wildman–Crippen LogP) is 3.64. The molecule has 2 unspecified atom stereocenters. The molecule has 17 heavy (non-hydrogen) atoms. The van der Waals surface area contributed by atoms with Gasteiger partial charge in [0.1, 0.15) is 0 Å². The average Bonchev–Trinajstić information content (AvgIpc) is 2.24. The van der Waals surface area contributed by atoms with Crippen LogP contribution in [-0.2, 0) is 4.79 Å². The lowest BCUT2D eigenvalue weighted by Crippen LogP contribution is -2.22. The van der Waals surface area contributed by atoms with Gasteiger partial charge in [0, 0.05) is 15.1 Å². The minimum Gasteiger partial charge on any atom is -0.481 e. The summed E-state index contributed by atoms with van der Waals surface area (Å²) in [6.07, 6.45) is 0.0403. The van der Waals surface area contributed by atoms with Crippen LogP contribution in [0.25, 0.3) is 0 Å². The van der Waals surface area contributed by atoms with Crippen LogP contribution in [0.3, 0.4) is 0 Å². The molecular weight excluding hydrogens is 307 g/mol. The summed E-state index contributed by atoms with van der Waals surface area (Å²) in [4.78, 5) is 11.1. The zero-order chi connectivity index (χ0) is 13.0. The van der Waals surface area contributed by atoms with Gasteiger partial charge in [0.05, 0.1) is 12.0 Å². The molecule has 0 aliphatic heterocycles. The number of rotatable bonds is 5. The Labute approximate surface area is 114 Å². The molecule has 0 aliphatic carbocycles. The van der Waals surface area contributed by atoms with Gasteiger partial charge in [-0.1, -0.05) is 46.9 Å². The van der Waals surface area contributed by atoms with Crippen molar-refractivity contribution in [3.63, 3.8) is 0 Å². The van der Waals surface area contributed by atoms with Crippen molar-refractivity contribution in [3.05, 3.63) is 33.3 Å². The smallest absolute Gasteiger partial charge is 0.309 e. The molecule has 3 nitrogen and oxygen atoms in total. The van der Waals surface area contributed by atoms with E-state index in [-0.39, 0.29) is 0 Å². The van der Waals surface area contributed by atoms with E-state index in [4.69, 9.17) is 16.7 Å². The van der Waals surface area contributed by atoms with Crippen molar-refractivity contribution in [2.75, 3.05) is 0 Å². The zero-order valence-electron chi connectivity index (χ0n) is 9.36. The standard InChI is InChI=1S/C12H14BrClO3/c1-2-3-9(12(16)17)11(15)8-5-4-7(13)6-10(8)14/h4-6,9,11,15H,2-3H2,1H3,(H,16,17). The van der Waals surface area contributed by atoms with Crippen molar-refractivity contribution < 1.29 is 15.0 Å². The fourth-order valence-electron chi connectivity index (χ4n) is 1.69. The average molecular weight is 322 g/mol. The maximum Gasteiger partial charge on any atom is 0.309 e. The molecule has 0 saturated heterocycles. The Kier molecular flexibility index (Phi) is 5.43. The number of carbonyl (C=O) groups is 1. The monoisotopic (exact) mass is 320 g/mol. The largest absolute Gasteiger partial charge is 0.481 e. The Balaban J connectivity index is 3.00. The van der Waals surface area contributed by atoms with Crippen LogP contribution in [0.15, 0.2) is 22.7 Å². The van der Waals surface area contributed by atoms with E-state index in [1.165, 1.54) is 0 Å². The molecule has 94 valence electrons. The lowest BCUT2D eigenvalue weighted by molar-refractivity contribution is -0.146. The Morgan fingerprint density at radius 1 is 1.53 bits per heavy atom. The van der Waals surface area contributed by atoms with Crippen LogP contribution in [0.2, 0.25) is 5.02 Å². The quantitative estimate of drug-likeness (QED) is 0.870. The summed E-state index contributed by atoms with van der Waals surface area (Å²) in [5.74, 6) is -1.82. The lowest BCUT2D eigenvalue weighted by Gasteiger charge is -2.20. The summed E-state index contributed by atoms with van der Waals surface area (Å²) in [7, 11) is 0. The fraction of sp³-hybridized carbons (Fsp3) is 0.417. The summed E-state index contributed by atoms with van der Waals surface area (Å²) in [5.41, 5.74) is 0.454. The Morgan fingerprint density at radius 3 is 2.65 bits per heavy atom. The molecule has 0 heterocycles. The molecule has 1 aromatic rings. The topological polar surface area (TPSA) is 57.5 Å². The number of aliphatic carboxylic acids is 1. The maximum atomic E-state index is 11.1. The first-order chi connectivity index (χ1) is 7.97. The van der Waals surface area contributed by atoms with E-state index < -0.39 is 18.0 Å². The van der Waals surface area contributed by atoms with E-state index in [2.05, 4.69) is 15.9 Å². The van der Waals surface area contributed by atoms with Crippen LogP contribution in [0.1, 0.15) is 31.4 Å². The van der Waals surface area contributed by atoms with Crippen molar-refractivity contribution >= 4 is 33.5 Å². The van der Waals surface area contributed by atoms with Crippen molar-refractivity contribution in [3.8, 4) is 0 Å². The van der Waals surface area contributed by atoms with Crippen molar-refractivity contribution in [2.24, 2.45) is 5.92 Å². The molecule has 0 aromatic heterocycles. The molecule has 2 N–H and O–H groups in total. The molecule has 0 fully saturated rings. The van der Waals surface area contributed by atoms with Crippen LogP contribution < -0.4 is 0 Å². The molecule has 1 rings (SSSR count). The normalized spacial score (nSPS) is 14.4. The fourth-order valence-corrected chi connectivity index (χ4v) is 2.47. The van der Waals surface area contributed by atoms with E-state index >= 15 is 0 Å². The molecule has 0 bridgehead atoms. The first-order valence-electron chi connectivity index (χ1n) is 5.33. The van der Waals surface area contributed by atoms with Crippen molar-refractivity contribution in [1.29, 1.82) is 0 Å². The Morgan fingerprint density at radius 2 is 2.18 bits per heavy atom. The van der Waals surface area contributed by atoms with Crippen LogP contribution in [0.5, 0.6) is 0 Å². The first kappa shape index (κ1) is 14.5. The lowest BCUT2D eigenvalue weighted by atomic mass is 9.92. The number of carboxylic acids is 1. The number of aliphatic hydroxyl groups excluding tert-OH is 1. The number of aliphatic hydroxyl groups is 1. The highest BCUT2D eigenvalue weighted by atomic mass is 79.9. The maximum absolute atomic E-state index is 11.1. The third kappa shape index (κ3) is 3.69. The van der Waals surface area contributed by atoms with Crippen LogP contribution in [0.4, 0.5) is 0 Å². The SMILES string of the molecule is CCCC(C(=O)O)C(O)c1ccc(Br)cc1Cl. The molecule has 1 aromatic carbocycles. The number of benzene rings is 1. The van der Waals surface area contributed by atoms with Crippen LogP contribution >= 0.6 is 27.5 Å². The van der Waals surface area contributed by atoms with Gasteiger partial charge in [-0.05, 0) is 18.6 Å². The minimum absolute atomic E-state index is 0.370. The molecule has 0 spiro atoms. The van der Waals surface area contributed by atoms with Gasteiger partial charge in [-0.2, -0.15) is 0 Å². The van der Waals surface area contributed by atoms with Gasteiger partial charge in [-0.3, -0.25) is 4.79 Å². The van der Waals surface area contributed by atoms with E-state index in [1.54, 1.807) is 18.2 Å². The van der Waals surface area contributed by atoms with E-state index in [0.29, 0.717) is 23.4 Å². The van der Waals surface area contributed by atoms with Gasteiger partial charge < -0.3 is 10.2 Å². The van der Waals surface area contributed by atoms with Gasteiger partial charge in [0.15, 0.2) is 0 Å². The van der Waals surface area contributed by atoms with Crippen LogP contribution in [-0.4, -0.2) is 16.2 Å². The molecule has 0 aliphatic rings. The van der Waals surface area contributed by atoms with Crippen LogP contribution in [0, 0.1) is 5.92 Å². The second-order valence-electron chi connectivity index (χ2n) is 3.84. The summed E-state index contributed by atoms with van der Waals surface area (Å²) in [6, 6.07) is 5.02. The molecule has 2 atom stereocenters. The number of halogens is 2. The summed E-state index contributed by atoms with van der Waals surface area (Å²) < 4.78 is 0.792. The van der Waals surface area contributed by atoms with Crippen molar-refractivity contribution in [2.45, 2.75) is 25.9 Å². The summed E-state index contributed by atoms with van der Waals surface area (Å²) in [6.45, 7) is 1.88. The van der Waals surface area contributed by atoms with E-state index in [1.807, 2.05) is 6.92 Å². The van der Waals surface area contributed by atoms with Gasteiger partial charge in [0.2, 0.25) is 0 Å². The Bertz CT molecular complexity index is 409. The minimum atomic E-state index is -1.08. The zero-order valence-corrected chi connectivity index (χ0v) is 11.7. The Hall–Kier alpha value is -0.580. The number of carboxylic acid groups (broad SMARTS) is 1. The predicted molar refractivity (Wildman–Crippen MR) is 70.1 cm³/mol. The molecule has 0 saturated carbocycles. The molecule has 5 heteroatoms. The summed E-state index contributed by atoms with van der Waals surface area (Å²) in [5, 5.41) is 19.5. The highest BCUT2D eigenvalue weighted by molar-refractivity contribution is 9.10.